The van der Waals surface area contributed by atoms with Gasteiger partial charge in [-0.05, 0) is 24.3 Å². The quantitative estimate of drug-likeness (QED) is 0.678. The molecule has 116 valence electrons. The van der Waals surface area contributed by atoms with Gasteiger partial charge in [-0.25, -0.2) is 4.39 Å². The lowest BCUT2D eigenvalue weighted by atomic mass is 10.2. The second-order valence-corrected chi connectivity index (χ2v) is 6.23. The number of thioether (sulfide) groups is 1. The van der Waals surface area contributed by atoms with Gasteiger partial charge in [0.05, 0.1) is 10.9 Å². The highest BCUT2D eigenvalue weighted by Crippen LogP contribution is 2.23. The van der Waals surface area contributed by atoms with Gasteiger partial charge in [0.1, 0.15) is 5.82 Å². The van der Waals surface area contributed by atoms with Crippen LogP contribution in [0.1, 0.15) is 26.7 Å². The van der Waals surface area contributed by atoms with E-state index in [1.165, 1.54) is 17.8 Å². The van der Waals surface area contributed by atoms with Crippen LogP contribution >= 0.6 is 11.8 Å². The predicted octanol–water partition coefficient (Wildman–Crippen LogP) is 3.10. The number of aromatic nitrogens is 4. The van der Waals surface area contributed by atoms with Crippen molar-refractivity contribution in [3.8, 4) is 0 Å². The first-order valence-electron chi connectivity index (χ1n) is 7.38. The van der Waals surface area contributed by atoms with Crippen LogP contribution in [0.25, 0.3) is 16.7 Å². The molecule has 3 aromatic rings. The van der Waals surface area contributed by atoms with Gasteiger partial charge in [-0.2, -0.15) is 0 Å². The summed E-state index contributed by atoms with van der Waals surface area (Å²) in [5.74, 6) is 0.775. The third-order valence-corrected chi connectivity index (χ3v) is 4.36. The fraction of sp³-hybridized carbons (Fsp3) is 0.400. The molecule has 0 N–H and O–H groups in total. The molecule has 22 heavy (non-hydrogen) atoms. The van der Waals surface area contributed by atoms with E-state index in [4.69, 9.17) is 0 Å². The molecule has 0 atom stereocenters. The normalized spacial score (nSPS) is 11.6. The Balaban J connectivity index is 2.45. The lowest BCUT2D eigenvalue weighted by Gasteiger charge is -2.11. The van der Waals surface area contributed by atoms with Gasteiger partial charge in [-0.3, -0.25) is 13.8 Å². The van der Waals surface area contributed by atoms with Crippen molar-refractivity contribution >= 4 is 28.4 Å². The highest BCUT2D eigenvalue weighted by molar-refractivity contribution is 7.99. The maximum atomic E-state index is 14.3. The first-order chi connectivity index (χ1) is 10.7. The van der Waals surface area contributed by atoms with Gasteiger partial charge in [0.2, 0.25) is 5.78 Å². The summed E-state index contributed by atoms with van der Waals surface area (Å²) >= 11 is 1.48. The highest BCUT2D eigenvalue weighted by atomic mass is 32.2. The van der Waals surface area contributed by atoms with E-state index in [9.17, 15) is 9.18 Å². The Morgan fingerprint density at radius 2 is 2.09 bits per heavy atom. The topological polar surface area (TPSA) is 52.2 Å². The lowest BCUT2D eigenvalue weighted by Crippen LogP contribution is -2.24. The van der Waals surface area contributed by atoms with E-state index in [0.717, 1.165) is 18.6 Å². The van der Waals surface area contributed by atoms with Crippen LogP contribution in [-0.2, 0) is 6.54 Å². The van der Waals surface area contributed by atoms with Gasteiger partial charge in [0.15, 0.2) is 5.16 Å². The number of rotatable bonds is 5. The van der Waals surface area contributed by atoms with Crippen LogP contribution in [0.3, 0.4) is 0 Å². The van der Waals surface area contributed by atoms with Crippen LogP contribution in [0.15, 0.2) is 28.2 Å². The van der Waals surface area contributed by atoms with E-state index in [0.29, 0.717) is 22.9 Å². The van der Waals surface area contributed by atoms with E-state index in [1.807, 2.05) is 6.92 Å². The van der Waals surface area contributed by atoms with E-state index in [2.05, 4.69) is 17.1 Å². The minimum Gasteiger partial charge on any atom is -0.276 e. The van der Waals surface area contributed by atoms with Crippen LogP contribution < -0.4 is 5.56 Å². The van der Waals surface area contributed by atoms with Gasteiger partial charge >= 0.3 is 0 Å². The van der Waals surface area contributed by atoms with Gasteiger partial charge in [-0.1, -0.05) is 38.1 Å². The van der Waals surface area contributed by atoms with Crippen LogP contribution in [0, 0.1) is 5.82 Å². The van der Waals surface area contributed by atoms with Crippen molar-refractivity contribution in [1.82, 2.24) is 19.2 Å². The highest BCUT2D eigenvalue weighted by Gasteiger charge is 2.18. The molecule has 0 fully saturated rings. The molecule has 0 bridgehead atoms. The Labute approximate surface area is 131 Å². The van der Waals surface area contributed by atoms with E-state index in [1.54, 1.807) is 21.1 Å². The molecule has 0 spiro atoms. The number of aryl methyl sites for hydroxylation is 1. The maximum Gasteiger partial charge on any atom is 0.262 e. The molecule has 3 rings (SSSR count). The molecule has 5 nitrogen and oxygen atoms in total. The van der Waals surface area contributed by atoms with Crippen molar-refractivity contribution in [2.75, 3.05) is 5.75 Å². The standard InChI is InChI=1S/C15H17FN4OS/c1-3-5-9-19-13(21)10-7-6-8-11(16)12(10)20-14(19)17-18-15(20)22-4-2/h6-8H,3-5,9H2,1-2H3. The monoisotopic (exact) mass is 320 g/mol. The number of nitrogens with zero attached hydrogens (tertiary/aromatic N) is 4. The van der Waals surface area contributed by atoms with Crippen molar-refractivity contribution in [2.45, 2.75) is 38.4 Å². The fourth-order valence-corrected chi connectivity index (χ4v) is 3.18. The number of hydrogen-bond donors (Lipinski definition) is 0. The number of unbranched alkanes of at least 4 members (excludes halogenated alkanes) is 1. The minimum atomic E-state index is -0.431. The summed E-state index contributed by atoms with van der Waals surface area (Å²) < 4.78 is 17.6. The van der Waals surface area contributed by atoms with Crippen LogP contribution in [-0.4, -0.2) is 24.9 Å². The second-order valence-electron chi connectivity index (χ2n) is 5.00. The number of para-hydroxylation sites is 1. The first kappa shape index (κ1) is 15.0. The fourth-order valence-electron chi connectivity index (χ4n) is 2.52. The number of benzene rings is 1. The first-order valence-corrected chi connectivity index (χ1v) is 8.36. The molecule has 0 unspecified atom stereocenters. The third-order valence-electron chi connectivity index (χ3n) is 3.55. The molecular formula is C15H17FN4OS. The van der Waals surface area contributed by atoms with Crippen LogP contribution in [0.4, 0.5) is 4.39 Å². The molecule has 2 aromatic heterocycles. The Morgan fingerprint density at radius 3 is 2.82 bits per heavy atom. The summed E-state index contributed by atoms with van der Waals surface area (Å²) in [4.78, 5) is 12.7. The molecule has 0 radical (unpaired) electrons. The zero-order valence-corrected chi connectivity index (χ0v) is 13.4. The van der Waals surface area contributed by atoms with E-state index in [-0.39, 0.29) is 11.1 Å². The molecule has 2 heterocycles. The van der Waals surface area contributed by atoms with Crippen LogP contribution in [0.5, 0.6) is 0 Å². The molecule has 0 aliphatic rings. The Hall–Kier alpha value is -1.89. The molecule has 0 saturated carbocycles. The van der Waals surface area contributed by atoms with Gasteiger partial charge in [0, 0.05) is 6.54 Å². The minimum absolute atomic E-state index is 0.212. The van der Waals surface area contributed by atoms with Gasteiger partial charge in [0.25, 0.3) is 5.56 Å². The lowest BCUT2D eigenvalue weighted by molar-refractivity contribution is 0.611. The molecule has 1 aromatic carbocycles. The number of fused-ring (bicyclic) bond motifs is 3. The summed E-state index contributed by atoms with van der Waals surface area (Å²) in [6.45, 7) is 4.61. The van der Waals surface area contributed by atoms with Crippen molar-refractivity contribution in [2.24, 2.45) is 0 Å². The second kappa shape index (κ2) is 6.08. The number of halogens is 1. The molecule has 7 heteroatoms. The van der Waals surface area contributed by atoms with E-state index >= 15 is 0 Å². The molecule has 0 amide bonds. The Bertz CT molecular complexity index is 886. The van der Waals surface area contributed by atoms with Crippen molar-refractivity contribution < 1.29 is 4.39 Å². The molecule has 0 aliphatic carbocycles. The summed E-state index contributed by atoms with van der Waals surface area (Å²) in [7, 11) is 0. The van der Waals surface area contributed by atoms with Crippen LogP contribution in [0.2, 0.25) is 0 Å². The molecule has 0 aliphatic heterocycles. The van der Waals surface area contributed by atoms with Crippen molar-refractivity contribution in [3.63, 3.8) is 0 Å². The Kier molecular flexibility index (Phi) is 4.15. The third kappa shape index (κ3) is 2.29. The average Bonchev–Trinajstić information content (AvgIpc) is 2.91. The summed E-state index contributed by atoms with van der Waals surface area (Å²) in [5, 5.41) is 9.24. The SMILES string of the molecule is CCCCn1c(=O)c2cccc(F)c2n2c(SCC)nnc12. The largest absolute Gasteiger partial charge is 0.276 e. The number of hydrogen-bond acceptors (Lipinski definition) is 4. The molecular weight excluding hydrogens is 303 g/mol. The summed E-state index contributed by atoms with van der Waals surface area (Å²) in [5.41, 5.74) is 0.0482. The zero-order valence-electron chi connectivity index (χ0n) is 12.5. The zero-order chi connectivity index (χ0) is 15.7. The smallest absolute Gasteiger partial charge is 0.262 e. The predicted molar refractivity (Wildman–Crippen MR) is 86.0 cm³/mol. The van der Waals surface area contributed by atoms with Gasteiger partial charge in [-0.15, -0.1) is 10.2 Å². The summed E-state index contributed by atoms with van der Waals surface area (Å²) in [6, 6.07) is 4.58. The summed E-state index contributed by atoms with van der Waals surface area (Å²) in [6.07, 6.45) is 1.82. The maximum absolute atomic E-state index is 14.3. The molecule has 0 saturated heterocycles. The van der Waals surface area contributed by atoms with Crippen molar-refractivity contribution in [1.29, 1.82) is 0 Å². The Morgan fingerprint density at radius 1 is 1.27 bits per heavy atom. The van der Waals surface area contributed by atoms with E-state index < -0.39 is 5.82 Å². The van der Waals surface area contributed by atoms with Crippen molar-refractivity contribution in [3.05, 3.63) is 34.4 Å². The van der Waals surface area contributed by atoms with Gasteiger partial charge < -0.3 is 0 Å². The average molecular weight is 320 g/mol.